The lowest BCUT2D eigenvalue weighted by molar-refractivity contribution is -0.132. The lowest BCUT2D eigenvalue weighted by Crippen LogP contribution is -2.52. The molecule has 2 heteroatoms. The van der Waals surface area contributed by atoms with Gasteiger partial charge in [0.05, 0.1) is 6.10 Å². The van der Waals surface area contributed by atoms with Gasteiger partial charge in [0.1, 0.15) is 6.10 Å². The van der Waals surface area contributed by atoms with E-state index in [1.54, 1.807) is 0 Å². The molecule has 0 amide bonds. The number of ketones is 1. The molecule has 5 aliphatic rings. The van der Waals surface area contributed by atoms with Crippen LogP contribution in [-0.4, -0.2) is 18.0 Å². The fourth-order valence-corrected chi connectivity index (χ4v) is 6.68. The third kappa shape index (κ3) is 1.50. The van der Waals surface area contributed by atoms with E-state index in [2.05, 4.69) is 13.8 Å². The molecule has 7 atom stereocenters. The van der Waals surface area contributed by atoms with Crippen LogP contribution in [0.25, 0.3) is 0 Å². The minimum atomic E-state index is 0.250. The van der Waals surface area contributed by atoms with Crippen LogP contribution < -0.4 is 0 Å². The van der Waals surface area contributed by atoms with Crippen LogP contribution in [0, 0.1) is 28.6 Å². The molecule has 114 valence electrons. The van der Waals surface area contributed by atoms with Crippen molar-refractivity contribution >= 4 is 5.78 Å². The van der Waals surface area contributed by atoms with Crippen molar-refractivity contribution in [2.24, 2.45) is 28.6 Å². The molecular formula is C19H26O2. The molecule has 4 aliphatic carbocycles. The number of carbonyl (C=O) groups is 1. The van der Waals surface area contributed by atoms with Gasteiger partial charge in [-0.15, -0.1) is 0 Å². The number of ether oxygens (including phenoxy) is 1. The van der Waals surface area contributed by atoms with Crippen LogP contribution in [0.4, 0.5) is 0 Å². The molecule has 1 heterocycles. The molecule has 1 aliphatic heterocycles. The summed E-state index contributed by atoms with van der Waals surface area (Å²) in [7, 11) is 0. The maximum atomic E-state index is 12.9. The van der Waals surface area contributed by atoms with Gasteiger partial charge >= 0.3 is 0 Å². The first kappa shape index (κ1) is 12.9. The third-order valence-corrected chi connectivity index (χ3v) is 7.99. The highest BCUT2D eigenvalue weighted by molar-refractivity contribution is 5.95. The molecule has 0 spiro atoms. The number of rotatable bonds is 0. The Bertz CT molecular complexity index is 550. The van der Waals surface area contributed by atoms with Crippen LogP contribution in [-0.2, 0) is 9.53 Å². The van der Waals surface area contributed by atoms with Gasteiger partial charge in [-0.2, -0.15) is 0 Å². The number of hydrogen-bond acceptors (Lipinski definition) is 2. The second kappa shape index (κ2) is 3.82. The average molecular weight is 286 g/mol. The van der Waals surface area contributed by atoms with E-state index in [4.69, 9.17) is 4.74 Å². The molecule has 5 rings (SSSR count). The number of allylic oxidation sites excluding steroid dienone is 1. The van der Waals surface area contributed by atoms with E-state index in [-0.39, 0.29) is 5.41 Å². The van der Waals surface area contributed by atoms with Gasteiger partial charge in [-0.3, -0.25) is 4.79 Å². The molecule has 0 radical (unpaired) electrons. The molecular weight excluding hydrogens is 260 g/mol. The summed E-state index contributed by atoms with van der Waals surface area (Å²) in [5, 5.41) is 0. The topological polar surface area (TPSA) is 29.6 Å². The Balaban J connectivity index is 1.60. The zero-order chi connectivity index (χ0) is 14.4. The van der Waals surface area contributed by atoms with Crippen molar-refractivity contribution in [2.75, 3.05) is 0 Å². The quantitative estimate of drug-likeness (QED) is 0.632. The van der Waals surface area contributed by atoms with Crippen molar-refractivity contribution in [3.63, 3.8) is 0 Å². The van der Waals surface area contributed by atoms with Gasteiger partial charge in [0.25, 0.3) is 0 Å². The largest absolute Gasteiger partial charge is 0.365 e. The summed E-state index contributed by atoms with van der Waals surface area (Å²) in [6.45, 7) is 4.90. The number of carbonyl (C=O) groups excluding carboxylic acids is 1. The Morgan fingerprint density at radius 3 is 2.81 bits per heavy atom. The standard InChI is InChI=1S/C19H26O2/c1-18-7-3-4-11(18)16-12(5-8-18)19(2)9-6-15-17(21-15)13(19)10-14(16)20/h10-12,15-17H,3-9H2,1-2H3/t11-,12+,15?,16-,17?,18-,19+/m0/s1. The van der Waals surface area contributed by atoms with E-state index in [1.165, 1.54) is 50.5 Å². The number of epoxide rings is 1. The molecule has 0 aromatic heterocycles. The Hall–Kier alpha value is -0.630. The van der Waals surface area contributed by atoms with Gasteiger partial charge in [0.15, 0.2) is 5.78 Å². The van der Waals surface area contributed by atoms with Gasteiger partial charge in [0.2, 0.25) is 0 Å². The van der Waals surface area contributed by atoms with Crippen LogP contribution in [0.3, 0.4) is 0 Å². The Morgan fingerprint density at radius 2 is 1.95 bits per heavy atom. The van der Waals surface area contributed by atoms with Gasteiger partial charge < -0.3 is 4.74 Å². The normalized spacial score (nSPS) is 57.7. The highest BCUT2D eigenvalue weighted by Gasteiger charge is 2.62. The molecule has 2 nitrogen and oxygen atoms in total. The zero-order valence-corrected chi connectivity index (χ0v) is 13.2. The van der Waals surface area contributed by atoms with E-state index >= 15 is 0 Å². The van der Waals surface area contributed by atoms with Crippen LogP contribution >= 0.6 is 0 Å². The molecule has 0 bridgehead atoms. The zero-order valence-electron chi connectivity index (χ0n) is 13.2. The minimum absolute atomic E-state index is 0.250. The maximum absolute atomic E-state index is 12.9. The Morgan fingerprint density at radius 1 is 1.10 bits per heavy atom. The second-order valence-electron chi connectivity index (χ2n) is 8.88. The monoisotopic (exact) mass is 286 g/mol. The second-order valence-corrected chi connectivity index (χ2v) is 8.88. The number of hydrogen-bond donors (Lipinski definition) is 0. The predicted octanol–water partition coefficient (Wildman–Crippen LogP) is 3.90. The molecule has 0 N–H and O–H groups in total. The van der Waals surface area contributed by atoms with Crippen molar-refractivity contribution in [1.29, 1.82) is 0 Å². The summed E-state index contributed by atoms with van der Waals surface area (Å²) in [4.78, 5) is 12.9. The molecule has 2 unspecified atom stereocenters. The molecule has 21 heavy (non-hydrogen) atoms. The lowest BCUT2D eigenvalue weighted by Gasteiger charge is -2.55. The molecule has 4 fully saturated rings. The van der Waals surface area contributed by atoms with Crippen molar-refractivity contribution < 1.29 is 9.53 Å². The smallest absolute Gasteiger partial charge is 0.159 e. The van der Waals surface area contributed by atoms with E-state index in [0.29, 0.717) is 41.2 Å². The van der Waals surface area contributed by atoms with Crippen LogP contribution in [0.2, 0.25) is 0 Å². The van der Waals surface area contributed by atoms with Crippen molar-refractivity contribution in [2.45, 2.75) is 71.0 Å². The summed E-state index contributed by atoms with van der Waals surface area (Å²) in [5.41, 5.74) is 2.07. The van der Waals surface area contributed by atoms with E-state index < -0.39 is 0 Å². The van der Waals surface area contributed by atoms with Crippen molar-refractivity contribution in [3.8, 4) is 0 Å². The first-order valence-electron chi connectivity index (χ1n) is 8.94. The van der Waals surface area contributed by atoms with E-state index in [0.717, 1.165) is 0 Å². The molecule has 0 aromatic rings. The average Bonchev–Trinajstić information content (AvgIpc) is 3.13. The van der Waals surface area contributed by atoms with Crippen LogP contribution in [0.1, 0.15) is 58.8 Å². The molecule has 0 aromatic carbocycles. The van der Waals surface area contributed by atoms with Gasteiger partial charge in [-0.05, 0) is 72.8 Å². The van der Waals surface area contributed by atoms with E-state index in [1.807, 2.05) is 6.08 Å². The Labute approximate surface area is 127 Å². The SMILES string of the molecule is C[C@@]12CCC[C@H]1[C@@H]1C(=O)C=C3C4OC4CC[C@]3(C)[C@@H]1CC2. The summed E-state index contributed by atoms with van der Waals surface area (Å²) < 4.78 is 5.83. The van der Waals surface area contributed by atoms with Crippen molar-refractivity contribution in [3.05, 3.63) is 11.6 Å². The number of fused-ring (bicyclic) bond motifs is 7. The van der Waals surface area contributed by atoms with Crippen LogP contribution in [0.5, 0.6) is 0 Å². The summed E-state index contributed by atoms with van der Waals surface area (Å²) in [5.74, 6) is 2.00. The van der Waals surface area contributed by atoms with Gasteiger partial charge in [-0.1, -0.05) is 20.3 Å². The van der Waals surface area contributed by atoms with E-state index in [9.17, 15) is 4.79 Å². The summed E-state index contributed by atoms with van der Waals surface area (Å²) in [6, 6.07) is 0. The minimum Gasteiger partial charge on any atom is -0.365 e. The predicted molar refractivity (Wildman–Crippen MR) is 80.8 cm³/mol. The third-order valence-electron chi connectivity index (χ3n) is 7.99. The Kier molecular flexibility index (Phi) is 2.34. The van der Waals surface area contributed by atoms with Gasteiger partial charge in [0, 0.05) is 5.92 Å². The molecule has 1 saturated heterocycles. The highest BCUT2D eigenvalue weighted by atomic mass is 16.6. The fraction of sp³-hybridized carbons (Fsp3) is 0.842. The first-order valence-corrected chi connectivity index (χ1v) is 8.94. The summed E-state index contributed by atoms with van der Waals surface area (Å²) in [6.07, 6.45) is 11.8. The summed E-state index contributed by atoms with van der Waals surface area (Å²) >= 11 is 0. The first-order chi connectivity index (χ1) is 10.0. The maximum Gasteiger partial charge on any atom is 0.159 e. The highest BCUT2D eigenvalue weighted by Crippen LogP contribution is 2.65. The fourth-order valence-electron chi connectivity index (χ4n) is 6.68. The van der Waals surface area contributed by atoms with Crippen molar-refractivity contribution in [1.82, 2.24) is 0 Å². The molecule has 3 saturated carbocycles. The lowest BCUT2D eigenvalue weighted by atomic mass is 9.48. The van der Waals surface area contributed by atoms with Crippen LogP contribution in [0.15, 0.2) is 11.6 Å². The van der Waals surface area contributed by atoms with Gasteiger partial charge in [-0.25, -0.2) is 0 Å².